The Labute approximate surface area is 94.5 Å². The Kier molecular flexibility index (Phi) is 4.13. The Morgan fingerprint density at radius 3 is 2.56 bits per heavy atom. The van der Waals surface area contributed by atoms with E-state index >= 15 is 0 Å². The normalized spacial score (nSPS) is 11.8. The molecule has 1 rings (SSSR count). The van der Waals surface area contributed by atoms with Crippen LogP contribution in [0.15, 0.2) is 18.2 Å². The number of amides is 1. The van der Waals surface area contributed by atoms with E-state index < -0.39 is 6.04 Å². The second kappa shape index (κ2) is 5.37. The zero-order chi connectivity index (χ0) is 12.1. The van der Waals surface area contributed by atoms with Crippen LogP contribution in [0.4, 0.5) is 5.69 Å². The number of hydrogen-bond donors (Lipinski definition) is 2. The summed E-state index contributed by atoms with van der Waals surface area (Å²) in [5, 5.41) is 2.67. The number of benzene rings is 1. The fraction of sp³-hybridized carbons (Fsp3) is 0.364. The smallest absolute Gasteiger partial charge is 0.241 e. The van der Waals surface area contributed by atoms with Crippen molar-refractivity contribution < 1.29 is 14.3 Å². The molecule has 5 heteroatoms. The van der Waals surface area contributed by atoms with Crippen LogP contribution in [0, 0.1) is 0 Å². The highest BCUT2D eigenvalue weighted by Gasteiger charge is 2.11. The van der Waals surface area contributed by atoms with Gasteiger partial charge in [-0.15, -0.1) is 0 Å². The summed E-state index contributed by atoms with van der Waals surface area (Å²) in [6.45, 7) is 1.62. The van der Waals surface area contributed by atoms with Gasteiger partial charge >= 0.3 is 0 Å². The standard InChI is InChI=1S/C11H16N2O3/c1-7(12)11(14)13-9-5-4-8(15-2)6-10(9)16-3/h4-7H,12H2,1-3H3,(H,13,14)/t7-/m1/s1. The molecule has 0 aliphatic heterocycles. The molecule has 0 unspecified atom stereocenters. The number of nitrogens with two attached hydrogens (primary N) is 1. The largest absolute Gasteiger partial charge is 0.497 e. The third-order valence-electron chi connectivity index (χ3n) is 2.08. The molecule has 0 aliphatic carbocycles. The van der Waals surface area contributed by atoms with E-state index in [0.29, 0.717) is 17.2 Å². The summed E-state index contributed by atoms with van der Waals surface area (Å²) in [5.41, 5.74) is 6.03. The van der Waals surface area contributed by atoms with E-state index in [-0.39, 0.29) is 5.91 Å². The Morgan fingerprint density at radius 1 is 1.38 bits per heavy atom. The first kappa shape index (κ1) is 12.3. The molecular formula is C11H16N2O3. The Bertz CT molecular complexity index is 377. The molecule has 0 radical (unpaired) electrons. The molecule has 0 aliphatic rings. The molecule has 1 aromatic rings. The minimum absolute atomic E-state index is 0.261. The Balaban J connectivity index is 2.91. The molecule has 5 nitrogen and oxygen atoms in total. The number of methoxy groups -OCH3 is 2. The van der Waals surface area contributed by atoms with Gasteiger partial charge in [0.2, 0.25) is 5.91 Å². The predicted molar refractivity (Wildman–Crippen MR) is 61.8 cm³/mol. The summed E-state index contributed by atoms with van der Waals surface area (Å²) >= 11 is 0. The van der Waals surface area contributed by atoms with Crippen LogP contribution in [0.25, 0.3) is 0 Å². The lowest BCUT2D eigenvalue weighted by Gasteiger charge is -2.12. The lowest BCUT2D eigenvalue weighted by molar-refractivity contribution is -0.117. The second-order valence-corrected chi connectivity index (χ2v) is 3.34. The van der Waals surface area contributed by atoms with Gasteiger partial charge in [0.1, 0.15) is 11.5 Å². The van der Waals surface area contributed by atoms with Crippen LogP contribution in [0.5, 0.6) is 11.5 Å². The van der Waals surface area contributed by atoms with E-state index in [2.05, 4.69) is 5.32 Å². The number of ether oxygens (including phenoxy) is 2. The number of nitrogens with one attached hydrogen (secondary N) is 1. The molecule has 16 heavy (non-hydrogen) atoms. The van der Waals surface area contributed by atoms with Gasteiger partial charge in [-0.2, -0.15) is 0 Å². The SMILES string of the molecule is COc1ccc(NC(=O)[C@@H](C)N)c(OC)c1. The van der Waals surface area contributed by atoms with E-state index in [1.807, 2.05) is 0 Å². The Morgan fingerprint density at radius 2 is 2.06 bits per heavy atom. The van der Waals surface area contributed by atoms with Crippen molar-refractivity contribution in [1.82, 2.24) is 0 Å². The van der Waals surface area contributed by atoms with Crippen molar-refractivity contribution in [1.29, 1.82) is 0 Å². The first-order valence-corrected chi connectivity index (χ1v) is 4.87. The van der Waals surface area contributed by atoms with Gasteiger partial charge in [0.15, 0.2) is 0 Å². The topological polar surface area (TPSA) is 73.6 Å². The van der Waals surface area contributed by atoms with Crippen molar-refractivity contribution in [2.45, 2.75) is 13.0 Å². The molecule has 3 N–H and O–H groups in total. The lowest BCUT2D eigenvalue weighted by Crippen LogP contribution is -2.32. The van der Waals surface area contributed by atoms with Gasteiger partial charge in [-0.3, -0.25) is 4.79 Å². The number of carbonyl (C=O) groups is 1. The van der Waals surface area contributed by atoms with Gasteiger partial charge in [-0.1, -0.05) is 0 Å². The zero-order valence-corrected chi connectivity index (χ0v) is 9.61. The van der Waals surface area contributed by atoms with Gasteiger partial charge in [0.05, 0.1) is 25.9 Å². The highest BCUT2D eigenvalue weighted by molar-refractivity contribution is 5.95. The van der Waals surface area contributed by atoms with E-state index in [9.17, 15) is 4.79 Å². The van der Waals surface area contributed by atoms with Crippen molar-refractivity contribution in [3.63, 3.8) is 0 Å². The summed E-state index contributed by atoms with van der Waals surface area (Å²) in [7, 11) is 3.09. The molecule has 0 saturated carbocycles. The molecular weight excluding hydrogens is 208 g/mol. The Hall–Kier alpha value is -1.75. The second-order valence-electron chi connectivity index (χ2n) is 3.34. The van der Waals surface area contributed by atoms with Gasteiger partial charge in [-0.05, 0) is 19.1 Å². The first-order chi connectivity index (χ1) is 7.58. The van der Waals surface area contributed by atoms with Crippen molar-refractivity contribution in [3.05, 3.63) is 18.2 Å². The monoisotopic (exact) mass is 224 g/mol. The van der Waals surface area contributed by atoms with E-state index in [4.69, 9.17) is 15.2 Å². The van der Waals surface area contributed by atoms with Crippen LogP contribution >= 0.6 is 0 Å². The van der Waals surface area contributed by atoms with Gasteiger partial charge < -0.3 is 20.5 Å². The zero-order valence-electron chi connectivity index (χ0n) is 9.61. The first-order valence-electron chi connectivity index (χ1n) is 4.87. The van der Waals surface area contributed by atoms with Crippen LogP contribution < -0.4 is 20.5 Å². The molecule has 0 heterocycles. The van der Waals surface area contributed by atoms with Crippen LogP contribution in [0.3, 0.4) is 0 Å². The summed E-state index contributed by atoms with van der Waals surface area (Å²) < 4.78 is 10.2. The van der Waals surface area contributed by atoms with Crippen molar-refractivity contribution >= 4 is 11.6 Å². The van der Waals surface area contributed by atoms with Gasteiger partial charge in [0.25, 0.3) is 0 Å². The van der Waals surface area contributed by atoms with E-state index in [1.54, 1.807) is 32.2 Å². The van der Waals surface area contributed by atoms with Crippen molar-refractivity contribution in [3.8, 4) is 11.5 Å². The van der Waals surface area contributed by atoms with Crippen LogP contribution in [0.2, 0.25) is 0 Å². The highest BCUT2D eigenvalue weighted by Crippen LogP contribution is 2.28. The molecule has 1 amide bonds. The maximum Gasteiger partial charge on any atom is 0.241 e. The quantitative estimate of drug-likeness (QED) is 0.799. The van der Waals surface area contributed by atoms with Crippen LogP contribution in [-0.2, 0) is 4.79 Å². The van der Waals surface area contributed by atoms with Crippen molar-refractivity contribution in [2.75, 3.05) is 19.5 Å². The third kappa shape index (κ3) is 2.87. The molecule has 0 saturated heterocycles. The fourth-order valence-corrected chi connectivity index (χ4v) is 1.15. The lowest BCUT2D eigenvalue weighted by atomic mass is 10.2. The minimum atomic E-state index is -0.563. The predicted octanol–water partition coefficient (Wildman–Crippen LogP) is 0.989. The average Bonchev–Trinajstić information content (AvgIpc) is 2.29. The van der Waals surface area contributed by atoms with Crippen LogP contribution in [0.1, 0.15) is 6.92 Å². The molecule has 0 spiro atoms. The molecule has 0 bridgehead atoms. The number of anilines is 1. The van der Waals surface area contributed by atoms with Gasteiger partial charge in [-0.25, -0.2) is 0 Å². The molecule has 1 atom stereocenters. The van der Waals surface area contributed by atoms with Crippen LogP contribution in [-0.4, -0.2) is 26.2 Å². The summed E-state index contributed by atoms with van der Waals surface area (Å²) in [6.07, 6.45) is 0. The van der Waals surface area contributed by atoms with E-state index in [1.165, 1.54) is 7.11 Å². The molecule has 88 valence electrons. The maximum absolute atomic E-state index is 11.4. The summed E-state index contributed by atoms with van der Waals surface area (Å²) in [6, 6.07) is 4.57. The fourth-order valence-electron chi connectivity index (χ4n) is 1.15. The maximum atomic E-state index is 11.4. The molecule has 0 aromatic heterocycles. The van der Waals surface area contributed by atoms with Gasteiger partial charge in [0, 0.05) is 6.07 Å². The van der Waals surface area contributed by atoms with Crippen molar-refractivity contribution in [2.24, 2.45) is 5.73 Å². The molecule has 1 aromatic carbocycles. The highest BCUT2D eigenvalue weighted by atomic mass is 16.5. The summed E-state index contributed by atoms with van der Waals surface area (Å²) in [4.78, 5) is 11.4. The third-order valence-corrected chi connectivity index (χ3v) is 2.08. The minimum Gasteiger partial charge on any atom is -0.497 e. The molecule has 0 fully saturated rings. The number of rotatable bonds is 4. The van der Waals surface area contributed by atoms with E-state index in [0.717, 1.165) is 0 Å². The average molecular weight is 224 g/mol. The number of hydrogen-bond acceptors (Lipinski definition) is 4. The number of carbonyl (C=O) groups excluding carboxylic acids is 1. The summed E-state index contributed by atoms with van der Waals surface area (Å²) in [5.74, 6) is 0.937.